The van der Waals surface area contributed by atoms with Crippen molar-refractivity contribution in [3.63, 3.8) is 0 Å². The van der Waals surface area contributed by atoms with Crippen LogP contribution in [0.4, 0.5) is 0 Å². The first-order valence-electron chi connectivity index (χ1n) is 12.3. The summed E-state index contributed by atoms with van der Waals surface area (Å²) in [5, 5.41) is 0. The first-order valence-corrected chi connectivity index (χ1v) is 12.3. The Morgan fingerprint density at radius 1 is 1.06 bits per heavy atom. The Morgan fingerprint density at radius 3 is 2.61 bits per heavy atom. The first-order chi connectivity index (χ1) is 14.7. The molecule has 4 aliphatic carbocycles. The lowest BCUT2D eigenvalue weighted by Gasteiger charge is -2.65. The Labute approximate surface area is 186 Å². The van der Waals surface area contributed by atoms with Crippen LogP contribution >= 0.6 is 0 Å². The monoisotopic (exact) mass is 430 g/mol. The third-order valence-electron chi connectivity index (χ3n) is 10.5. The van der Waals surface area contributed by atoms with Gasteiger partial charge in [-0.25, -0.2) is 0 Å². The van der Waals surface area contributed by atoms with Crippen LogP contribution in [0.25, 0.3) is 0 Å². The first kappa shape index (κ1) is 21.3. The summed E-state index contributed by atoms with van der Waals surface area (Å²) >= 11 is 0. The molecule has 0 aromatic carbocycles. The van der Waals surface area contributed by atoms with Crippen molar-refractivity contribution in [2.24, 2.45) is 34.5 Å². The van der Waals surface area contributed by atoms with E-state index >= 15 is 0 Å². The second-order valence-electron chi connectivity index (χ2n) is 11.5. The van der Waals surface area contributed by atoms with Gasteiger partial charge < -0.3 is 14.2 Å². The average Bonchev–Trinajstić information content (AvgIpc) is 2.90. The Morgan fingerprint density at radius 2 is 1.87 bits per heavy atom. The van der Waals surface area contributed by atoms with Crippen molar-refractivity contribution in [3.05, 3.63) is 11.8 Å². The molecule has 0 aromatic heterocycles. The van der Waals surface area contributed by atoms with Crippen molar-refractivity contribution < 1.29 is 23.8 Å². The summed E-state index contributed by atoms with van der Waals surface area (Å²) in [5.41, 5.74) is 1.49. The van der Waals surface area contributed by atoms with Crippen molar-refractivity contribution in [2.45, 2.75) is 96.7 Å². The second-order valence-corrected chi connectivity index (χ2v) is 11.5. The van der Waals surface area contributed by atoms with Gasteiger partial charge in [-0.3, -0.25) is 9.59 Å². The molecule has 0 unspecified atom stereocenters. The molecule has 0 amide bonds. The minimum atomic E-state index is -0.163. The van der Waals surface area contributed by atoms with E-state index in [4.69, 9.17) is 14.2 Å². The van der Waals surface area contributed by atoms with Crippen molar-refractivity contribution in [2.75, 3.05) is 7.11 Å². The maximum atomic E-state index is 12.0. The fourth-order valence-electron chi connectivity index (χ4n) is 9.04. The highest BCUT2D eigenvalue weighted by Crippen LogP contribution is 2.72. The highest BCUT2D eigenvalue weighted by Gasteiger charge is 2.70. The largest absolute Gasteiger partial charge is 0.494 e. The molecule has 0 spiro atoms. The molecule has 4 fully saturated rings. The molecule has 8 atom stereocenters. The summed E-state index contributed by atoms with van der Waals surface area (Å²) in [6, 6.07) is 0. The molecule has 0 saturated heterocycles. The number of esters is 2. The molecule has 5 heteroatoms. The molecule has 1 heterocycles. The van der Waals surface area contributed by atoms with E-state index in [-0.39, 0.29) is 29.1 Å². The predicted molar refractivity (Wildman–Crippen MR) is 116 cm³/mol. The highest BCUT2D eigenvalue weighted by molar-refractivity contribution is 5.72. The van der Waals surface area contributed by atoms with E-state index in [0.29, 0.717) is 35.5 Å². The minimum Gasteiger partial charge on any atom is -0.494 e. The zero-order chi connectivity index (χ0) is 22.0. The number of rotatable bonds is 3. The Bertz CT molecular complexity index is 804. The molecule has 1 aliphatic heterocycles. The number of carbonyl (C=O) groups is 2. The van der Waals surface area contributed by atoms with E-state index in [1.807, 2.05) is 6.26 Å². The number of hydrogen-bond acceptors (Lipinski definition) is 5. The maximum Gasteiger partial charge on any atom is 0.309 e. The van der Waals surface area contributed by atoms with Gasteiger partial charge in [0, 0.05) is 18.3 Å². The molecule has 0 aromatic rings. The molecule has 31 heavy (non-hydrogen) atoms. The van der Waals surface area contributed by atoms with Gasteiger partial charge in [-0.2, -0.15) is 0 Å². The molecule has 4 saturated carbocycles. The topological polar surface area (TPSA) is 61.8 Å². The lowest BCUT2D eigenvalue weighted by Crippen LogP contribution is -2.63. The van der Waals surface area contributed by atoms with Gasteiger partial charge in [-0.1, -0.05) is 13.8 Å². The van der Waals surface area contributed by atoms with Gasteiger partial charge in [0.15, 0.2) is 0 Å². The summed E-state index contributed by atoms with van der Waals surface area (Å²) in [5.74, 6) is 2.02. The lowest BCUT2D eigenvalue weighted by molar-refractivity contribution is -0.219. The summed E-state index contributed by atoms with van der Waals surface area (Å²) in [6.07, 6.45) is 12.6. The van der Waals surface area contributed by atoms with E-state index in [1.54, 1.807) is 0 Å². The van der Waals surface area contributed by atoms with Gasteiger partial charge in [0.05, 0.1) is 19.8 Å². The van der Waals surface area contributed by atoms with Gasteiger partial charge in [-0.05, 0) is 86.5 Å². The zero-order valence-corrected chi connectivity index (χ0v) is 19.6. The summed E-state index contributed by atoms with van der Waals surface area (Å²) in [4.78, 5) is 23.5. The standard InChI is InChI=1S/C26H38O5/c1-16(27)31-19-7-10-24(2)18(14-19)5-6-22-21(24)8-11-25(3)20-9-12-26(22,25)30-15-17(20)13-23(28)29-4/h15,18-22H,5-14H2,1-4H3/t18-,19+,20-,21+,22-,24+,25-,26+/m1/s1. The van der Waals surface area contributed by atoms with E-state index in [9.17, 15) is 9.59 Å². The lowest BCUT2D eigenvalue weighted by atomic mass is 9.43. The van der Waals surface area contributed by atoms with E-state index < -0.39 is 0 Å². The second kappa shape index (κ2) is 7.25. The van der Waals surface area contributed by atoms with E-state index in [0.717, 1.165) is 37.7 Å². The number of hydrogen-bond donors (Lipinski definition) is 0. The van der Waals surface area contributed by atoms with Crippen molar-refractivity contribution >= 4 is 11.9 Å². The quantitative estimate of drug-likeness (QED) is 0.578. The number of carbonyl (C=O) groups excluding carboxylic acids is 2. The summed E-state index contributed by atoms with van der Waals surface area (Å²) in [7, 11) is 1.47. The van der Waals surface area contributed by atoms with Gasteiger partial charge >= 0.3 is 11.9 Å². The molecular weight excluding hydrogens is 392 g/mol. The van der Waals surface area contributed by atoms with Crippen LogP contribution in [0.3, 0.4) is 0 Å². The van der Waals surface area contributed by atoms with E-state index in [1.165, 1.54) is 39.7 Å². The van der Waals surface area contributed by atoms with Crippen LogP contribution in [0.5, 0.6) is 0 Å². The van der Waals surface area contributed by atoms with E-state index in [2.05, 4.69) is 13.8 Å². The number of methoxy groups -OCH3 is 1. The molecule has 172 valence electrons. The van der Waals surface area contributed by atoms with Crippen LogP contribution in [-0.2, 0) is 23.8 Å². The van der Waals surface area contributed by atoms with Crippen molar-refractivity contribution in [1.29, 1.82) is 0 Å². The third kappa shape index (κ3) is 2.94. The van der Waals surface area contributed by atoms with Crippen LogP contribution in [0.1, 0.15) is 85.0 Å². The maximum absolute atomic E-state index is 12.0. The third-order valence-corrected chi connectivity index (χ3v) is 10.5. The normalized spacial score (nSPS) is 47.7. The van der Waals surface area contributed by atoms with Crippen LogP contribution in [0.2, 0.25) is 0 Å². The molecule has 5 rings (SSSR count). The summed E-state index contributed by atoms with van der Waals surface area (Å²) < 4.78 is 17.3. The fraction of sp³-hybridized carbons (Fsp3) is 0.846. The van der Waals surface area contributed by atoms with Crippen molar-refractivity contribution in [3.8, 4) is 0 Å². The molecule has 5 nitrogen and oxygen atoms in total. The van der Waals surface area contributed by atoms with Gasteiger partial charge in [0.1, 0.15) is 11.7 Å². The Kier molecular flexibility index (Phi) is 4.99. The predicted octanol–water partition coefficient (Wildman–Crippen LogP) is 5.18. The van der Waals surface area contributed by atoms with Gasteiger partial charge in [0.25, 0.3) is 0 Å². The highest BCUT2D eigenvalue weighted by atomic mass is 16.5. The van der Waals surface area contributed by atoms with Crippen molar-refractivity contribution in [1.82, 2.24) is 0 Å². The number of ether oxygens (including phenoxy) is 3. The SMILES string of the molecule is COC(=O)CC1=CO[C@]23CC[C@H]1[C@@]2(C)CC[C@H]1[C@H]3CC[C@@H]2C[C@@H](OC(C)=O)CC[C@@]21C. The minimum absolute atomic E-state index is 0.0824. The van der Waals surface area contributed by atoms with Crippen LogP contribution in [-0.4, -0.2) is 30.8 Å². The van der Waals surface area contributed by atoms with Gasteiger partial charge in [0.2, 0.25) is 0 Å². The Balaban J connectivity index is 1.41. The molecular formula is C26H38O5. The molecule has 0 radical (unpaired) electrons. The number of fused-ring (bicyclic) bond motifs is 3. The molecule has 0 N–H and O–H groups in total. The Hall–Kier alpha value is -1.52. The molecule has 2 bridgehead atoms. The molecule has 5 aliphatic rings. The summed E-state index contributed by atoms with van der Waals surface area (Å²) in [6.45, 7) is 6.49. The van der Waals surface area contributed by atoms with Crippen LogP contribution < -0.4 is 0 Å². The van der Waals surface area contributed by atoms with Crippen LogP contribution in [0.15, 0.2) is 11.8 Å². The zero-order valence-electron chi connectivity index (χ0n) is 19.6. The van der Waals surface area contributed by atoms with Gasteiger partial charge in [-0.15, -0.1) is 0 Å². The fourth-order valence-corrected chi connectivity index (χ4v) is 9.04. The smallest absolute Gasteiger partial charge is 0.309 e. The average molecular weight is 431 g/mol. The van der Waals surface area contributed by atoms with Crippen LogP contribution in [0, 0.1) is 34.5 Å².